The summed E-state index contributed by atoms with van der Waals surface area (Å²) in [5.74, 6) is 0. The number of rotatable bonds is 1. The summed E-state index contributed by atoms with van der Waals surface area (Å²) >= 11 is 2.07. The maximum Gasteiger partial charge on any atom is 0.0499 e. The molecule has 0 aromatic rings. The Morgan fingerprint density at radius 3 is 3.00 bits per heavy atom. The minimum absolute atomic E-state index is 0.536. The van der Waals surface area contributed by atoms with Gasteiger partial charge in [-0.3, -0.25) is 0 Å². The summed E-state index contributed by atoms with van der Waals surface area (Å²) in [5.41, 5.74) is 0. The van der Waals surface area contributed by atoms with Crippen molar-refractivity contribution in [3.05, 3.63) is 24.3 Å². The van der Waals surface area contributed by atoms with Crippen molar-refractivity contribution >= 4 is 11.8 Å². The van der Waals surface area contributed by atoms with E-state index in [1.54, 1.807) is 0 Å². The van der Waals surface area contributed by atoms with Crippen molar-refractivity contribution in [3.8, 4) is 0 Å². The SMILES string of the molecule is CCC12C=CC=CC1S2. The van der Waals surface area contributed by atoms with Crippen LogP contribution in [-0.4, -0.2) is 10.00 Å². The van der Waals surface area contributed by atoms with Crippen molar-refractivity contribution in [2.75, 3.05) is 0 Å². The van der Waals surface area contributed by atoms with Gasteiger partial charge in [0.05, 0.1) is 0 Å². The van der Waals surface area contributed by atoms with Gasteiger partial charge >= 0.3 is 0 Å². The predicted octanol–water partition coefficient (Wildman–Crippen LogP) is 2.38. The lowest BCUT2D eigenvalue weighted by Crippen LogP contribution is -2.09. The van der Waals surface area contributed by atoms with Crippen molar-refractivity contribution in [2.45, 2.75) is 23.3 Å². The molecule has 2 unspecified atom stereocenters. The van der Waals surface area contributed by atoms with Crippen LogP contribution in [0.5, 0.6) is 0 Å². The Bertz CT molecular complexity index is 181. The zero-order chi connectivity index (χ0) is 6.32. The summed E-state index contributed by atoms with van der Waals surface area (Å²) in [6.45, 7) is 2.26. The smallest absolute Gasteiger partial charge is 0.0499 e. The molecule has 2 aliphatic rings. The highest BCUT2D eigenvalue weighted by molar-refractivity contribution is 8.09. The molecule has 48 valence electrons. The number of hydrogen-bond acceptors (Lipinski definition) is 1. The molecule has 0 amide bonds. The molecular weight excluding hydrogens is 128 g/mol. The van der Waals surface area contributed by atoms with Gasteiger partial charge in [-0.05, 0) is 6.42 Å². The largest absolute Gasteiger partial charge is 0.140 e. The normalized spacial score (nSPS) is 44.8. The molecule has 0 saturated carbocycles. The van der Waals surface area contributed by atoms with Crippen molar-refractivity contribution in [2.24, 2.45) is 0 Å². The van der Waals surface area contributed by atoms with Crippen LogP contribution in [0.4, 0.5) is 0 Å². The van der Waals surface area contributed by atoms with Gasteiger partial charge in [0.1, 0.15) is 0 Å². The summed E-state index contributed by atoms with van der Waals surface area (Å²) in [7, 11) is 0. The van der Waals surface area contributed by atoms with E-state index < -0.39 is 0 Å². The van der Waals surface area contributed by atoms with E-state index in [4.69, 9.17) is 0 Å². The molecule has 0 nitrogen and oxygen atoms in total. The van der Waals surface area contributed by atoms with Crippen molar-refractivity contribution < 1.29 is 0 Å². The Labute approximate surface area is 60.0 Å². The molecule has 1 heterocycles. The molecule has 2 rings (SSSR count). The minimum Gasteiger partial charge on any atom is -0.140 e. The molecule has 2 atom stereocenters. The third-order valence-electron chi connectivity index (χ3n) is 2.10. The standard InChI is InChI=1S/C8H10S/c1-2-8-6-4-3-5-7(8)9-8/h3-7H,2H2,1H3. The Morgan fingerprint density at radius 1 is 1.56 bits per heavy atom. The van der Waals surface area contributed by atoms with Crippen LogP contribution in [0.15, 0.2) is 24.3 Å². The molecule has 0 radical (unpaired) electrons. The highest BCUT2D eigenvalue weighted by Gasteiger charge is 2.50. The van der Waals surface area contributed by atoms with Crippen LogP contribution >= 0.6 is 11.8 Å². The molecule has 0 spiro atoms. The van der Waals surface area contributed by atoms with Gasteiger partial charge in [0, 0.05) is 10.00 Å². The Balaban J connectivity index is 2.23. The molecule has 0 aromatic carbocycles. The van der Waals surface area contributed by atoms with Gasteiger partial charge in [-0.1, -0.05) is 31.2 Å². The summed E-state index contributed by atoms with van der Waals surface area (Å²) in [4.78, 5) is 0. The number of hydrogen-bond donors (Lipinski definition) is 0. The number of thioether (sulfide) groups is 1. The first kappa shape index (κ1) is 5.60. The van der Waals surface area contributed by atoms with E-state index in [-0.39, 0.29) is 0 Å². The minimum atomic E-state index is 0.536. The second-order valence-electron chi connectivity index (χ2n) is 2.59. The molecule has 1 heteroatoms. The van der Waals surface area contributed by atoms with Crippen LogP contribution < -0.4 is 0 Å². The molecule has 0 aromatic heterocycles. The summed E-state index contributed by atoms with van der Waals surface area (Å²) in [6.07, 6.45) is 10.2. The predicted molar refractivity (Wildman–Crippen MR) is 42.7 cm³/mol. The molecular formula is C8H10S. The van der Waals surface area contributed by atoms with E-state index >= 15 is 0 Å². The molecule has 1 saturated heterocycles. The molecule has 9 heavy (non-hydrogen) atoms. The van der Waals surface area contributed by atoms with E-state index in [0.717, 1.165) is 5.25 Å². The van der Waals surface area contributed by atoms with Crippen molar-refractivity contribution in [3.63, 3.8) is 0 Å². The first-order chi connectivity index (χ1) is 4.37. The second kappa shape index (κ2) is 1.66. The fourth-order valence-corrected chi connectivity index (χ4v) is 2.55. The average Bonchev–Trinajstić information content (AvgIpc) is 2.62. The lowest BCUT2D eigenvalue weighted by Gasteiger charge is -2.05. The van der Waals surface area contributed by atoms with E-state index in [1.165, 1.54) is 6.42 Å². The van der Waals surface area contributed by atoms with Crippen LogP contribution in [0.3, 0.4) is 0 Å². The third kappa shape index (κ3) is 0.677. The van der Waals surface area contributed by atoms with E-state index in [2.05, 4.69) is 43.0 Å². The fraction of sp³-hybridized carbons (Fsp3) is 0.500. The van der Waals surface area contributed by atoms with Crippen molar-refractivity contribution in [1.29, 1.82) is 0 Å². The van der Waals surface area contributed by atoms with Gasteiger partial charge < -0.3 is 0 Å². The van der Waals surface area contributed by atoms with Gasteiger partial charge in [0.2, 0.25) is 0 Å². The van der Waals surface area contributed by atoms with Crippen LogP contribution in [0.25, 0.3) is 0 Å². The lowest BCUT2D eigenvalue weighted by atomic mass is 9.99. The molecule has 0 bridgehead atoms. The van der Waals surface area contributed by atoms with Gasteiger partial charge in [-0.25, -0.2) is 0 Å². The zero-order valence-corrected chi connectivity index (χ0v) is 6.32. The monoisotopic (exact) mass is 138 g/mol. The second-order valence-corrected chi connectivity index (χ2v) is 4.09. The van der Waals surface area contributed by atoms with Crippen LogP contribution in [0, 0.1) is 0 Å². The highest BCUT2D eigenvalue weighted by atomic mass is 32.2. The number of allylic oxidation sites excluding steroid dienone is 2. The molecule has 1 aliphatic carbocycles. The van der Waals surface area contributed by atoms with Gasteiger partial charge in [0.25, 0.3) is 0 Å². The highest BCUT2D eigenvalue weighted by Crippen LogP contribution is 2.58. The van der Waals surface area contributed by atoms with Gasteiger partial charge in [0.15, 0.2) is 0 Å². The van der Waals surface area contributed by atoms with Crippen LogP contribution in [0.1, 0.15) is 13.3 Å². The van der Waals surface area contributed by atoms with E-state index in [1.807, 2.05) is 0 Å². The molecule has 1 fully saturated rings. The molecule has 0 N–H and O–H groups in total. The average molecular weight is 138 g/mol. The Morgan fingerprint density at radius 2 is 2.44 bits per heavy atom. The summed E-state index contributed by atoms with van der Waals surface area (Å²) < 4.78 is 0.536. The Kier molecular flexibility index (Phi) is 1.03. The van der Waals surface area contributed by atoms with E-state index in [9.17, 15) is 0 Å². The van der Waals surface area contributed by atoms with Gasteiger partial charge in [-0.2, -0.15) is 0 Å². The van der Waals surface area contributed by atoms with Gasteiger partial charge in [-0.15, -0.1) is 11.8 Å². The number of fused-ring (bicyclic) bond motifs is 1. The maximum absolute atomic E-state index is 2.34. The fourth-order valence-electron chi connectivity index (χ4n) is 1.32. The van der Waals surface area contributed by atoms with Crippen LogP contribution in [0.2, 0.25) is 0 Å². The Hall–Kier alpha value is -0.170. The van der Waals surface area contributed by atoms with E-state index in [0.29, 0.717) is 4.75 Å². The summed E-state index contributed by atoms with van der Waals surface area (Å²) in [5, 5.41) is 0.812. The van der Waals surface area contributed by atoms with Crippen molar-refractivity contribution in [1.82, 2.24) is 0 Å². The molecule has 1 aliphatic heterocycles. The summed E-state index contributed by atoms with van der Waals surface area (Å²) in [6, 6.07) is 0. The topological polar surface area (TPSA) is 0 Å². The maximum atomic E-state index is 2.34. The quantitative estimate of drug-likeness (QED) is 0.501. The first-order valence-electron chi connectivity index (χ1n) is 3.41. The third-order valence-corrected chi connectivity index (χ3v) is 3.79. The lowest BCUT2D eigenvalue weighted by molar-refractivity contribution is 0.781. The van der Waals surface area contributed by atoms with Crippen LogP contribution in [-0.2, 0) is 0 Å². The first-order valence-corrected chi connectivity index (χ1v) is 4.29. The zero-order valence-electron chi connectivity index (χ0n) is 5.50.